The van der Waals surface area contributed by atoms with Crippen LogP contribution >= 0.6 is 0 Å². The SMILES string of the molecule is CC(C)(C)c1cc(C[N+](C)(C)C)cc(C(C)(C)C)c1O.CS(=O)(=O)[O-]. The lowest BCUT2D eigenvalue weighted by atomic mass is 9.78. The van der Waals surface area contributed by atoms with Crippen molar-refractivity contribution in [1.29, 1.82) is 0 Å². The van der Waals surface area contributed by atoms with Gasteiger partial charge in [0.25, 0.3) is 0 Å². The minimum Gasteiger partial charge on any atom is -0.748 e. The number of hydrogen-bond acceptors (Lipinski definition) is 4. The monoisotopic (exact) mass is 373 g/mol. The minimum absolute atomic E-state index is 0.0506. The van der Waals surface area contributed by atoms with Crippen molar-refractivity contribution in [3.8, 4) is 5.75 Å². The molecule has 0 spiro atoms. The zero-order valence-corrected chi connectivity index (χ0v) is 18.2. The highest BCUT2D eigenvalue weighted by molar-refractivity contribution is 7.84. The Labute approximate surface area is 154 Å². The smallest absolute Gasteiger partial charge is 0.123 e. The average Bonchev–Trinajstić information content (AvgIpc) is 2.23. The Kier molecular flexibility index (Phi) is 7.30. The van der Waals surface area contributed by atoms with Gasteiger partial charge in [-0.25, -0.2) is 8.42 Å². The Morgan fingerprint density at radius 2 is 1.24 bits per heavy atom. The molecule has 0 aliphatic carbocycles. The lowest BCUT2D eigenvalue weighted by Gasteiger charge is -2.30. The molecule has 0 amide bonds. The number of quaternary nitrogens is 1. The molecule has 0 saturated carbocycles. The van der Waals surface area contributed by atoms with Crippen LogP contribution in [0.1, 0.15) is 58.2 Å². The van der Waals surface area contributed by atoms with Crippen molar-refractivity contribution in [1.82, 2.24) is 0 Å². The van der Waals surface area contributed by atoms with Crippen molar-refractivity contribution in [3.63, 3.8) is 0 Å². The van der Waals surface area contributed by atoms with Gasteiger partial charge in [0.05, 0.1) is 31.3 Å². The van der Waals surface area contributed by atoms with Crippen molar-refractivity contribution < 1.29 is 22.6 Å². The lowest BCUT2D eigenvalue weighted by molar-refractivity contribution is -0.884. The van der Waals surface area contributed by atoms with Gasteiger partial charge in [0.2, 0.25) is 0 Å². The number of nitrogens with zero attached hydrogens (tertiary/aromatic N) is 1. The van der Waals surface area contributed by atoms with Gasteiger partial charge in [-0.1, -0.05) is 41.5 Å². The Morgan fingerprint density at radius 1 is 0.960 bits per heavy atom. The molecule has 0 aromatic heterocycles. The van der Waals surface area contributed by atoms with E-state index in [0.29, 0.717) is 12.0 Å². The van der Waals surface area contributed by atoms with Gasteiger partial charge in [0.1, 0.15) is 12.3 Å². The van der Waals surface area contributed by atoms with E-state index in [2.05, 4.69) is 74.8 Å². The van der Waals surface area contributed by atoms with Crippen molar-refractivity contribution in [2.24, 2.45) is 0 Å². The first-order valence-corrected chi connectivity index (χ1v) is 10.1. The summed E-state index contributed by atoms with van der Waals surface area (Å²) in [6.07, 6.45) is 0.604. The van der Waals surface area contributed by atoms with Gasteiger partial charge in [-0.2, -0.15) is 0 Å². The van der Waals surface area contributed by atoms with Gasteiger partial charge in [0, 0.05) is 22.9 Å². The molecule has 5 nitrogen and oxygen atoms in total. The average molecular weight is 374 g/mol. The van der Waals surface area contributed by atoms with E-state index in [1.165, 1.54) is 5.56 Å². The van der Waals surface area contributed by atoms with Crippen LogP contribution in [0.5, 0.6) is 5.75 Å². The summed E-state index contributed by atoms with van der Waals surface area (Å²) in [7, 11) is 2.67. The topological polar surface area (TPSA) is 77.4 Å². The molecule has 0 radical (unpaired) electrons. The van der Waals surface area contributed by atoms with Gasteiger partial charge in [-0.3, -0.25) is 0 Å². The molecule has 0 saturated heterocycles. The number of phenolic OH excluding ortho intramolecular Hbond substituents is 1. The molecular formula is C19H35NO4S. The lowest BCUT2D eigenvalue weighted by Crippen LogP contribution is -2.33. The molecule has 0 heterocycles. The number of benzene rings is 1. The van der Waals surface area contributed by atoms with Crippen LogP contribution in [0.15, 0.2) is 12.1 Å². The maximum atomic E-state index is 10.7. The Balaban J connectivity index is 0.00000101. The molecule has 0 unspecified atom stereocenters. The molecule has 6 heteroatoms. The largest absolute Gasteiger partial charge is 0.748 e. The number of phenols is 1. The van der Waals surface area contributed by atoms with Crippen LogP contribution in [0.3, 0.4) is 0 Å². The highest BCUT2D eigenvalue weighted by atomic mass is 32.2. The molecule has 1 rings (SSSR count). The van der Waals surface area contributed by atoms with Crippen LogP contribution < -0.4 is 0 Å². The van der Waals surface area contributed by atoms with Gasteiger partial charge in [-0.05, 0) is 23.0 Å². The maximum absolute atomic E-state index is 10.7. The highest BCUT2D eigenvalue weighted by Gasteiger charge is 2.27. The van der Waals surface area contributed by atoms with E-state index < -0.39 is 10.1 Å². The molecule has 1 aromatic rings. The first-order chi connectivity index (χ1) is 10.7. The van der Waals surface area contributed by atoms with E-state index in [1.807, 2.05) is 0 Å². The number of rotatable bonds is 2. The first-order valence-electron chi connectivity index (χ1n) is 8.30. The fourth-order valence-corrected chi connectivity index (χ4v) is 2.48. The van der Waals surface area contributed by atoms with Crippen LogP contribution in [-0.2, 0) is 27.5 Å². The summed E-state index contributed by atoms with van der Waals surface area (Å²) in [6.45, 7) is 13.9. The third-order valence-corrected chi connectivity index (χ3v) is 3.44. The van der Waals surface area contributed by atoms with Crippen molar-refractivity contribution in [2.75, 3.05) is 27.4 Å². The van der Waals surface area contributed by atoms with Crippen LogP contribution in [0.2, 0.25) is 0 Å². The molecular weight excluding hydrogens is 338 g/mol. The first kappa shape index (κ1) is 23.9. The third kappa shape index (κ3) is 9.82. The van der Waals surface area contributed by atoms with Crippen LogP contribution in [-0.4, -0.2) is 50.0 Å². The standard InChI is InChI=1S/C18H31NO.CH4O3S/c1-17(2,3)14-10-13(12-19(7,8)9)11-15(16(14)20)18(4,5)6;1-5(2,3)4/h10-11H,12H2,1-9H3;1H3,(H,2,3,4). The Morgan fingerprint density at radius 3 is 1.44 bits per heavy atom. The molecule has 0 fully saturated rings. The van der Waals surface area contributed by atoms with Gasteiger partial charge >= 0.3 is 0 Å². The van der Waals surface area contributed by atoms with E-state index >= 15 is 0 Å². The van der Waals surface area contributed by atoms with Gasteiger partial charge in [0.15, 0.2) is 0 Å². The second-order valence-electron chi connectivity index (χ2n) is 9.69. The summed E-state index contributed by atoms with van der Waals surface area (Å²) in [5.41, 5.74) is 3.29. The maximum Gasteiger partial charge on any atom is 0.123 e. The predicted octanol–water partition coefficient (Wildman–Crippen LogP) is 3.35. The molecule has 0 atom stereocenters. The molecule has 1 aromatic carbocycles. The molecule has 25 heavy (non-hydrogen) atoms. The van der Waals surface area contributed by atoms with Gasteiger partial charge < -0.3 is 14.1 Å². The van der Waals surface area contributed by atoms with Crippen molar-refractivity contribution in [3.05, 3.63) is 28.8 Å². The summed E-state index contributed by atoms with van der Waals surface area (Å²) >= 11 is 0. The van der Waals surface area contributed by atoms with Gasteiger partial charge in [-0.15, -0.1) is 0 Å². The van der Waals surface area contributed by atoms with E-state index in [-0.39, 0.29) is 10.8 Å². The molecule has 1 N–H and O–H groups in total. The van der Waals surface area contributed by atoms with E-state index in [4.69, 9.17) is 13.0 Å². The molecule has 0 aliphatic heterocycles. The van der Waals surface area contributed by atoms with Crippen LogP contribution in [0, 0.1) is 0 Å². The van der Waals surface area contributed by atoms with E-state index in [9.17, 15) is 5.11 Å². The van der Waals surface area contributed by atoms with Crippen LogP contribution in [0.4, 0.5) is 0 Å². The fraction of sp³-hybridized carbons (Fsp3) is 0.684. The predicted molar refractivity (Wildman–Crippen MR) is 103 cm³/mol. The van der Waals surface area contributed by atoms with E-state index in [1.54, 1.807) is 0 Å². The minimum atomic E-state index is -3.92. The Bertz CT molecular complexity index is 645. The third-order valence-electron chi connectivity index (χ3n) is 3.44. The summed E-state index contributed by atoms with van der Waals surface area (Å²) in [6, 6.07) is 4.35. The second-order valence-corrected chi connectivity index (χ2v) is 11.1. The summed E-state index contributed by atoms with van der Waals surface area (Å²) in [5.74, 6) is 0.468. The quantitative estimate of drug-likeness (QED) is 0.637. The molecule has 146 valence electrons. The van der Waals surface area contributed by atoms with Crippen LogP contribution in [0.25, 0.3) is 0 Å². The fourth-order valence-electron chi connectivity index (χ4n) is 2.48. The normalized spacial score (nSPS) is 13.2. The Hall–Kier alpha value is -1.11. The summed E-state index contributed by atoms with van der Waals surface area (Å²) in [5, 5.41) is 10.7. The number of hydrogen-bond donors (Lipinski definition) is 1. The van der Waals surface area contributed by atoms with E-state index in [0.717, 1.165) is 22.2 Å². The zero-order chi connectivity index (χ0) is 20.4. The molecule has 0 bridgehead atoms. The summed E-state index contributed by atoms with van der Waals surface area (Å²) < 4.78 is 28.1. The number of aromatic hydroxyl groups is 1. The summed E-state index contributed by atoms with van der Waals surface area (Å²) in [4.78, 5) is 0. The van der Waals surface area contributed by atoms with Crippen molar-refractivity contribution >= 4 is 10.1 Å². The highest BCUT2D eigenvalue weighted by Crippen LogP contribution is 2.40. The van der Waals surface area contributed by atoms with Crippen molar-refractivity contribution in [2.45, 2.75) is 58.9 Å². The second kappa shape index (κ2) is 7.64. The molecule has 0 aliphatic rings. The zero-order valence-electron chi connectivity index (χ0n) is 17.4.